The minimum Gasteiger partial charge on any atom is -0.437 e. The first-order valence-corrected chi connectivity index (χ1v) is 12.2. The van der Waals surface area contributed by atoms with Crippen LogP contribution < -0.4 is 4.74 Å². The summed E-state index contributed by atoms with van der Waals surface area (Å²) in [7, 11) is 0. The molecule has 5 rings (SSSR count). The largest absolute Gasteiger partial charge is 0.437 e. The second-order valence-corrected chi connectivity index (χ2v) is 9.77. The molecule has 3 heterocycles. The lowest BCUT2D eigenvalue weighted by atomic mass is 10.2. The first kappa shape index (κ1) is 23.3. The van der Waals surface area contributed by atoms with Gasteiger partial charge >= 0.3 is 0 Å². The molecular formula is C23H26Cl2N6O3. The molecule has 1 atom stereocenters. The van der Waals surface area contributed by atoms with Crippen LogP contribution in [0.4, 0.5) is 0 Å². The average molecular weight is 505 g/mol. The van der Waals surface area contributed by atoms with Crippen LogP contribution in [0.2, 0.25) is 10.0 Å². The molecule has 3 aromatic rings. The zero-order valence-electron chi connectivity index (χ0n) is 18.8. The second kappa shape index (κ2) is 9.65. The highest BCUT2D eigenvalue weighted by Crippen LogP contribution is 2.37. The van der Waals surface area contributed by atoms with Crippen LogP contribution in [0, 0.1) is 5.92 Å². The number of rotatable bonds is 7. The van der Waals surface area contributed by atoms with E-state index in [-0.39, 0.29) is 5.91 Å². The molecule has 0 unspecified atom stereocenters. The Bertz CT molecular complexity index is 1200. The SMILES string of the molecule is C[C@H](O)C(=O)N1CCN(Cc2cc(Cl)cnc2Oc2ccc3c(nnn3CC3CC3)c2Cl)CC1. The van der Waals surface area contributed by atoms with E-state index in [1.165, 1.54) is 26.0 Å². The van der Waals surface area contributed by atoms with Crippen LogP contribution in [0.1, 0.15) is 25.3 Å². The molecule has 2 aromatic heterocycles. The normalized spacial score (nSPS) is 17.8. The third kappa shape index (κ3) is 4.98. The van der Waals surface area contributed by atoms with Crippen LogP contribution in [-0.2, 0) is 17.9 Å². The molecule has 1 N–H and O–H groups in total. The van der Waals surface area contributed by atoms with Gasteiger partial charge in [-0.3, -0.25) is 9.69 Å². The third-order valence-corrected chi connectivity index (χ3v) is 6.82. The fourth-order valence-corrected chi connectivity index (χ4v) is 4.57. The van der Waals surface area contributed by atoms with Gasteiger partial charge < -0.3 is 14.7 Å². The van der Waals surface area contributed by atoms with Gasteiger partial charge in [-0.1, -0.05) is 28.4 Å². The molecule has 0 radical (unpaired) electrons. The summed E-state index contributed by atoms with van der Waals surface area (Å²) in [6, 6.07) is 5.57. The Morgan fingerprint density at radius 1 is 1.24 bits per heavy atom. The highest BCUT2D eigenvalue weighted by molar-refractivity contribution is 6.36. The number of nitrogens with zero attached hydrogens (tertiary/aromatic N) is 6. The number of aliphatic hydroxyl groups is 1. The maximum atomic E-state index is 12.0. The van der Waals surface area contributed by atoms with Gasteiger partial charge in [0.1, 0.15) is 16.6 Å². The van der Waals surface area contributed by atoms with Crippen molar-refractivity contribution in [2.24, 2.45) is 5.92 Å². The molecule has 1 aliphatic carbocycles. The van der Waals surface area contributed by atoms with Gasteiger partial charge in [0.15, 0.2) is 5.75 Å². The van der Waals surface area contributed by atoms with Crippen molar-refractivity contribution in [3.05, 3.63) is 40.0 Å². The summed E-state index contributed by atoms with van der Waals surface area (Å²) in [5.41, 5.74) is 2.31. The van der Waals surface area contributed by atoms with E-state index in [0.717, 1.165) is 17.6 Å². The van der Waals surface area contributed by atoms with Crippen molar-refractivity contribution in [2.45, 2.75) is 39.0 Å². The molecule has 2 aliphatic rings. The predicted octanol–water partition coefficient (Wildman–Crippen LogP) is 3.36. The number of piperazine rings is 1. The molecule has 0 bridgehead atoms. The fourth-order valence-electron chi connectivity index (χ4n) is 4.15. The van der Waals surface area contributed by atoms with E-state index in [1.54, 1.807) is 4.90 Å². The summed E-state index contributed by atoms with van der Waals surface area (Å²) < 4.78 is 8.03. The van der Waals surface area contributed by atoms with Gasteiger partial charge in [0.05, 0.1) is 10.5 Å². The number of halogens is 2. The van der Waals surface area contributed by atoms with Gasteiger partial charge in [0.2, 0.25) is 5.88 Å². The number of pyridine rings is 1. The van der Waals surface area contributed by atoms with E-state index >= 15 is 0 Å². The number of benzene rings is 1. The van der Waals surface area contributed by atoms with Crippen LogP contribution in [0.25, 0.3) is 11.0 Å². The Morgan fingerprint density at radius 2 is 2.00 bits per heavy atom. The molecule has 11 heteroatoms. The lowest BCUT2D eigenvalue weighted by Gasteiger charge is -2.35. The van der Waals surface area contributed by atoms with E-state index in [4.69, 9.17) is 27.9 Å². The molecule has 180 valence electrons. The summed E-state index contributed by atoms with van der Waals surface area (Å²) in [4.78, 5) is 20.3. The Balaban J connectivity index is 1.32. The molecule has 1 amide bonds. The van der Waals surface area contributed by atoms with Gasteiger partial charge in [-0.2, -0.15) is 0 Å². The van der Waals surface area contributed by atoms with E-state index in [2.05, 4.69) is 20.2 Å². The topological polar surface area (TPSA) is 96.6 Å². The van der Waals surface area contributed by atoms with Crippen molar-refractivity contribution in [1.82, 2.24) is 29.8 Å². The van der Waals surface area contributed by atoms with E-state index in [1.807, 2.05) is 22.9 Å². The number of amides is 1. The molecular weight excluding hydrogens is 479 g/mol. The maximum absolute atomic E-state index is 12.0. The van der Waals surface area contributed by atoms with E-state index < -0.39 is 6.10 Å². The van der Waals surface area contributed by atoms with Crippen molar-refractivity contribution in [1.29, 1.82) is 0 Å². The van der Waals surface area contributed by atoms with Crippen LogP contribution in [0.15, 0.2) is 24.4 Å². The first-order chi connectivity index (χ1) is 16.4. The highest BCUT2D eigenvalue weighted by atomic mass is 35.5. The maximum Gasteiger partial charge on any atom is 0.251 e. The zero-order valence-corrected chi connectivity index (χ0v) is 20.3. The first-order valence-electron chi connectivity index (χ1n) is 11.4. The molecule has 0 spiro atoms. The number of aromatic nitrogens is 4. The third-order valence-electron chi connectivity index (χ3n) is 6.25. The number of carbonyl (C=O) groups is 1. The quantitative estimate of drug-likeness (QED) is 0.526. The van der Waals surface area contributed by atoms with Crippen LogP contribution >= 0.6 is 23.2 Å². The molecule has 1 aromatic carbocycles. The smallest absolute Gasteiger partial charge is 0.251 e. The lowest BCUT2D eigenvalue weighted by Crippen LogP contribution is -2.50. The minimum atomic E-state index is -0.985. The highest BCUT2D eigenvalue weighted by Gasteiger charge is 2.26. The summed E-state index contributed by atoms with van der Waals surface area (Å²) in [6.45, 7) is 5.33. The molecule has 34 heavy (non-hydrogen) atoms. The van der Waals surface area contributed by atoms with Crippen molar-refractivity contribution in [2.75, 3.05) is 26.2 Å². The number of aliphatic hydroxyl groups excluding tert-OH is 1. The second-order valence-electron chi connectivity index (χ2n) is 8.96. The van der Waals surface area contributed by atoms with Crippen molar-refractivity contribution in [3.8, 4) is 11.6 Å². The van der Waals surface area contributed by atoms with Crippen LogP contribution in [0.3, 0.4) is 0 Å². The van der Waals surface area contributed by atoms with Gasteiger partial charge in [-0.15, -0.1) is 5.10 Å². The monoisotopic (exact) mass is 504 g/mol. The summed E-state index contributed by atoms with van der Waals surface area (Å²) in [6.07, 6.45) is 3.01. The lowest BCUT2D eigenvalue weighted by molar-refractivity contribution is -0.141. The molecule has 1 aliphatic heterocycles. The number of ether oxygens (including phenoxy) is 1. The van der Waals surface area contributed by atoms with Crippen LogP contribution in [-0.4, -0.2) is 73.1 Å². The average Bonchev–Trinajstić information content (AvgIpc) is 3.55. The summed E-state index contributed by atoms with van der Waals surface area (Å²) in [5.74, 6) is 1.30. The van der Waals surface area contributed by atoms with Crippen molar-refractivity contribution < 1.29 is 14.6 Å². The Hall–Kier alpha value is -2.46. The standard InChI is InChI=1S/C23H26Cl2N6O3/c1-14(32)23(33)30-8-6-29(7-9-30)13-16-10-17(24)11-26-22(16)34-19-5-4-18-21(20(19)25)27-28-31(18)12-15-2-3-15/h4-5,10-11,14-15,32H,2-3,6-9,12-13H2,1H3/t14-/m0/s1. The number of hydrogen-bond acceptors (Lipinski definition) is 7. The van der Waals surface area contributed by atoms with E-state index in [9.17, 15) is 9.90 Å². The Labute approximate surface area is 207 Å². The van der Waals surface area contributed by atoms with Crippen molar-refractivity contribution >= 4 is 40.1 Å². The van der Waals surface area contributed by atoms with Gasteiger partial charge in [0, 0.05) is 51.0 Å². The minimum absolute atomic E-state index is 0.243. The Morgan fingerprint density at radius 3 is 2.71 bits per heavy atom. The molecule has 9 nitrogen and oxygen atoms in total. The van der Waals surface area contributed by atoms with Gasteiger partial charge in [-0.05, 0) is 43.9 Å². The van der Waals surface area contributed by atoms with Crippen molar-refractivity contribution in [3.63, 3.8) is 0 Å². The van der Waals surface area contributed by atoms with Crippen LogP contribution in [0.5, 0.6) is 11.6 Å². The summed E-state index contributed by atoms with van der Waals surface area (Å²) in [5, 5.41) is 19.0. The number of carbonyl (C=O) groups excluding carboxylic acids is 1. The number of fused-ring (bicyclic) bond motifs is 1. The predicted molar refractivity (Wildman–Crippen MR) is 128 cm³/mol. The van der Waals surface area contributed by atoms with E-state index in [0.29, 0.717) is 65.8 Å². The number of hydrogen-bond donors (Lipinski definition) is 1. The fraction of sp³-hybridized carbons (Fsp3) is 0.478. The van der Waals surface area contributed by atoms with Gasteiger partial charge in [0.25, 0.3) is 5.91 Å². The molecule has 2 fully saturated rings. The summed E-state index contributed by atoms with van der Waals surface area (Å²) >= 11 is 12.9. The molecule has 1 saturated carbocycles. The van der Waals surface area contributed by atoms with Gasteiger partial charge in [-0.25, -0.2) is 9.67 Å². The zero-order chi connectivity index (χ0) is 23.8. The Kier molecular flexibility index (Phi) is 6.61. The molecule has 1 saturated heterocycles.